The number of esters is 1. The van der Waals surface area contributed by atoms with Crippen LogP contribution in [0.2, 0.25) is 0 Å². The Balaban J connectivity index is 1.98. The van der Waals surface area contributed by atoms with E-state index in [2.05, 4.69) is 0 Å². The van der Waals surface area contributed by atoms with Gasteiger partial charge in [-0.3, -0.25) is 14.4 Å². The lowest BCUT2D eigenvalue weighted by Crippen LogP contribution is -2.42. The predicted molar refractivity (Wildman–Crippen MR) is 98.8 cm³/mol. The van der Waals surface area contributed by atoms with E-state index in [1.807, 2.05) is 13.8 Å². The van der Waals surface area contributed by atoms with Crippen molar-refractivity contribution < 1.29 is 28.6 Å². The molecule has 0 saturated carbocycles. The number of ketones is 1. The lowest BCUT2D eigenvalue weighted by Gasteiger charge is -2.29. The molecular weight excluding hydrogens is 350 g/mol. The van der Waals surface area contributed by atoms with E-state index in [0.717, 1.165) is 0 Å². The summed E-state index contributed by atoms with van der Waals surface area (Å²) in [5.41, 5.74) is -0.0555. The van der Waals surface area contributed by atoms with Gasteiger partial charge in [-0.25, -0.2) is 0 Å². The average Bonchev–Trinajstić information content (AvgIpc) is 3.11. The predicted octanol–water partition coefficient (Wildman–Crippen LogP) is 2.81. The van der Waals surface area contributed by atoms with Gasteiger partial charge in [0, 0.05) is 30.9 Å². The first-order valence-electron chi connectivity index (χ1n) is 9.00. The number of amides is 1. The molecule has 0 fully saturated rings. The van der Waals surface area contributed by atoms with E-state index in [1.165, 1.54) is 4.90 Å². The summed E-state index contributed by atoms with van der Waals surface area (Å²) in [4.78, 5) is 38.1. The van der Waals surface area contributed by atoms with E-state index < -0.39 is 11.5 Å². The second kappa shape index (κ2) is 8.41. The zero-order valence-corrected chi connectivity index (χ0v) is 16.5. The van der Waals surface area contributed by atoms with E-state index >= 15 is 0 Å². The number of carbonyl (C=O) groups is 3. The fourth-order valence-electron chi connectivity index (χ4n) is 2.65. The van der Waals surface area contributed by atoms with Crippen LogP contribution in [0.1, 0.15) is 50.9 Å². The molecule has 1 aromatic carbocycles. The van der Waals surface area contributed by atoms with Gasteiger partial charge in [0.1, 0.15) is 0 Å². The molecule has 7 heteroatoms. The highest BCUT2D eigenvalue weighted by Crippen LogP contribution is 2.33. The SMILES string of the molecule is CCC(=O)OCC(C)(C)CC(=O)N(C)[C@@H](C)C(=O)c1ccc2c(c1)OCO2. The van der Waals surface area contributed by atoms with Crippen molar-refractivity contribution in [1.82, 2.24) is 4.90 Å². The van der Waals surface area contributed by atoms with Gasteiger partial charge in [0.25, 0.3) is 0 Å². The van der Waals surface area contributed by atoms with Crippen LogP contribution in [0.5, 0.6) is 11.5 Å². The number of likely N-dealkylation sites (N-methyl/N-ethyl adjacent to an activating group) is 1. The fourth-order valence-corrected chi connectivity index (χ4v) is 2.65. The zero-order valence-electron chi connectivity index (χ0n) is 16.5. The minimum Gasteiger partial charge on any atom is -0.465 e. The van der Waals surface area contributed by atoms with Gasteiger partial charge in [0.15, 0.2) is 17.3 Å². The Bertz CT molecular complexity index is 727. The van der Waals surface area contributed by atoms with Crippen molar-refractivity contribution in [1.29, 1.82) is 0 Å². The Hall–Kier alpha value is -2.57. The first-order valence-corrected chi connectivity index (χ1v) is 9.00. The maximum atomic E-state index is 12.8. The second-order valence-corrected chi connectivity index (χ2v) is 7.47. The second-order valence-electron chi connectivity index (χ2n) is 7.47. The molecule has 2 rings (SSSR count). The van der Waals surface area contributed by atoms with Gasteiger partial charge < -0.3 is 19.1 Å². The maximum absolute atomic E-state index is 12.8. The number of carbonyl (C=O) groups excluding carboxylic acids is 3. The third-order valence-electron chi connectivity index (χ3n) is 4.55. The molecule has 0 N–H and O–H groups in total. The van der Waals surface area contributed by atoms with Crippen LogP contribution in [0.25, 0.3) is 0 Å². The first-order chi connectivity index (χ1) is 12.6. The molecule has 0 aromatic heterocycles. The molecule has 7 nitrogen and oxygen atoms in total. The smallest absolute Gasteiger partial charge is 0.305 e. The molecule has 1 aliphatic heterocycles. The molecule has 0 spiro atoms. The van der Waals surface area contributed by atoms with Gasteiger partial charge in [-0.1, -0.05) is 20.8 Å². The Morgan fingerprint density at radius 1 is 1.22 bits per heavy atom. The highest BCUT2D eigenvalue weighted by Gasteiger charge is 2.30. The maximum Gasteiger partial charge on any atom is 0.305 e. The van der Waals surface area contributed by atoms with Crippen molar-refractivity contribution in [3.8, 4) is 11.5 Å². The lowest BCUT2D eigenvalue weighted by molar-refractivity contribution is -0.148. The van der Waals surface area contributed by atoms with Crippen molar-refractivity contribution in [2.45, 2.75) is 46.6 Å². The molecule has 0 radical (unpaired) electrons. The minimum absolute atomic E-state index is 0.138. The molecule has 1 aliphatic rings. The largest absolute Gasteiger partial charge is 0.465 e. The highest BCUT2D eigenvalue weighted by atomic mass is 16.7. The number of fused-ring (bicyclic) bond motifs is 1. The number of hydrogen-bond acceptors (Lipinski definition) is 6. The number of nitrogens with zero attached hydrogens (tertiary/aromatic N) is 1. The van der Waals surface area contributed by atoms with Gasteiger partial charge in [-0.15, -0.1) is 0 Å². The molecule has 1 heterocycles. The van der Waals surface area contributed by atoms with Crippen LogP contribution in [-0.2, 0) is 14.3 Å². The lowest BCUT2D eigenvalue weighted by atomic mass is 9.89. The average molecular weight is 377 g/mol. The van der Waals surface area contributed by atoms with Crippen LogP contribution in [0.15, 0.2) is 18.2 Å². The third-order valence-corrected chi connectivity index (χ3v) is 4.55. The van der Waals surface area contributed by atoms with Crippen LogP contribution in [0.3, 0.4) is 0 Å². The quantitative estimate of drug-likeness (QED) is 0.512. The molecule has 0 aliphatic carbocycles. The van der Waals surface area contributed by atoms with E-state index in [1.54, 1.807) is 39.1 Å². The van der Waals surface area contributed by atoms with Crippen LogP contribution in [0.4, 0.5) is 0 Å². The number of Topliss-reactive ketones (excluding diaryl/α,β-unsaturated/α-hetero) is 1. The summed E-state index contributed by atoms with van der Waals surface area (Å²) in [5, 5.41) is 0. The number of hydrogen-bond donors (Lipinski definition) is 0. The molecule has 1 amide bonds. The molecule has 0 unspecified atom stereocenters. The molecule has 27 heavy (non-hydrogen) atoms. The van der Waals surface area contributed by atoms with E-state index in [9.17, 15) is 14.4 Å². The van der Waals surface area contributed by atoms with Gasteiger partial charge >= 0.3 is 5.97 Å². The Labute approximate surface area is 159 Å². The number of benzene rings is 1. The van der Waals surface area contributed by atoms with Crippen molar-refractivity contribution in [2.24, 2.45) is 5.41 Å². The molecule has 1 aromatic rings. The van der Waals surface area contributed by atoms with Crippen LogP contribution < -0.4 is 9.47 Å². The van der Waals surface area contributed by atoms with Gasteiger partial charge in [0.2, 0.25) is 12.7 Å². The van der Waals surface area contributed by atoms with Crippen molar-refractivity contribution >= 4 is 17.7 Å². The molecular formula is C20H27NO6. The first kappa shape index (κ1) is 20.7. The summed E-state index contributed by atoms with van der Waals surface area (Å²) in [6, 6.07) is 4.36. The molecule has 0 saturated heterocycles. The van der Waals surface area contributed by atoms with Crippen LogP contribution in [-0.4, -0.2) is 49.0 Å². The van der Waals surface area contributed by atoms with E-state index in [4.69, 9.17) is 14.2 Å². The summed E-state index contributed by atoms with van der Waals surface area (Å²) >= 11 is 0. The summed E-state index contributed by atoms with van der Waals surface area (Å²) in [6.45, 7) is 7.41. The third kappa shape index (κ3) is 5.21. The zero-order chi connectivity index (χ0) is 20.2. The van der Waals surface area contributed by atoms with Crippen molar-refractivity contribution in [2.75, 3.05) is 20.4 Å². The summed E-state index contributed by atoms with van der Waals surface area (Å²) in [7, 11) is 1.60. The number of ether oxygens (including phenoxy) is 3. The van der Waals surface area contributed by atoms with E-state index in [-0.39, 0.29) is 37.5 Å². The van der Waals surface area contributed by atoms with Gasteiger partial charge in [0.05, 0.1) is 12.6 Å². The van der Waals surface area contributed by atoms with Gasteiger partial charge in [-0.2, -0.15) is 0 Å². The topological polar surface area (TPSA) is 82.1 Å². The molecule has 1 atom stereocenters. The standard InChI is InChI=1S/C20H27NO6/c1-6-18(23)25-11-20(3,4)10-17(22)21(5)13(2)19(24)14-7-8-15-16(9-14)27-12-26-15/h7-9,13H,6,10-12H2,1-5H3/t13-/m0/s1. The molecule has 0 bridgehead atoms. The van der Waals surface area contributed by atoms with Gasteiger partial charge in [-0.05, 0) is 25.1 Å². The Kier molecular flexibility index (Phi) is 6.46. The molecule has 148 valence electrons. The van der Waals surface area contributed by atoms with Crippen LogP contribution in [0, 0.1) is 5.41 Å². The fraction of sp³-hybridized carbons (Fsp3) is 0.550. The normalized spacial score (nSPS) is 13.8. The summed E-state index contributed by atoms with van der Waals surface area (Å²) in [5.74, 6) is 0.469. The highest BCUT2D eigenvalue weighted by molar-refractivity contribution is 6.02. The Morgan fingerprint density at radius 2 is 1.89 bits per heavy atom. The monoisotopic (exact) mass is 377 g/mol. The van der Waals surface area contributed by atoms with E-state index in [0.29, 0.717) is 23.5 Å². The summed E-state index contributed by atoms with van der Waals surface area (Å²) in [6.07, 6.45) is 0.463. The Morgan fingerprint density at radius 3 is 2.56 bits per heavy atom. The van der Waals surface area contributed by atoms with Crippen molar-refractivity contribution in [3.05, 3.63) is 23.8 Å². The van der Waals surface area contributed by atoms with Crippen LogP contribution >= 0.6 is 0 Å². The minimum atomic E-state index is -0.633. The van der Waals surface area contributed by atoms with Crippen molar-refractivity contribution in [3.63, 3.8) is 0 Å². The number of rotatable bonds is 8. The summed E-state index contributed by atoms with van der Waals surface area (Å²) < 4.78 is 15.7.